The van der Waals surface area contributed by atoms with E-state index in [9.17, 15) is 0 Å². The number of rotatable bonds is 3. The van der Waals surface area contributed by atoms with E-state index in [4.69, 9.17) is 17.3 Å². The standard InChI is InChI=1S/C17H28ClN3/c1-13(19)16(17(2,3)4)21-10-8-20(9-11-21)15-7-5-6-14(18)12-15/h5-7,12-13,16H,8-11,19H2,1-4H3. The van der Waals surface area contributed by atoms with Crippen LogP contribution in [0.5, 0.6) is 0 Å². The summed E-state index contributed by atoms with van der Waals surface area (Å²) in [5, 5.41) is 0.804. The maximum atomic E-state index is 6.25. The van der Waals surface area contributed by atoms with E-state index < -0.39 is 0 Å². The Kier molecular flexibility index (Phi) is 5.18. The van der Waals surface area contributed by atoms with Gasteiger partial charge in [0.15, 0.2) is 0 Å². The first-order valence-electron chi connectivity index (χ1n) is 7.79. The number of piperazine rings is 1. The highest BCUT2D eigenvalue weighted by atomic mass is 35.5. The van der Waals surface area contributed by atoms with Gasteiger partial charge in [-0.25, -0.2) is 0 Å². The Balaban J connectivity index is 2.02. The number of halogens is 1. The van der Waals surface area contributed by atoms with Gasteiger partial charge in [0.1, 0.15) is 0 Å². The zero-order valence-corrected chi connectivity index (χ0v) is 14.4. The molecule has 21 heavy (non-hydrogen) atoms. The molecule has 4 heteroatoms. The van der Waals surface area contributed by atoms with Crippen LogP contribution in [-0.2, 0) is 0 Å². The zero-order chi connectivity index (χ0) is 15.6. The molecule has 2 atom stereocenters. The molecule has 0 radical (unpaired) electrons. The van der Waals surface area contributed by atoms with E-state index in [-0.39, 0.29) is 11.5 Å². The Hall–Kier alpha value is -0.770. The predicted molar refractivity (Wildman–Crippen MR) is 92.1 cm³/mol. The molecule has 2 N–H and O–H groups in total. The highest BCUT2D eigenvalue weighted by Gasteiger charge is 2.34. The van der Waals surface area contributed by atoms with Gasteiger partial charge in [-0.2, -0.15) is 0 Å². The first kappa shape index (κ1) is 16.6. The van der Waals surface area contributed by atoms with Crippen LogP contribution in [0.4, 0.5) is 5.69 Å². The summed E-state index contributed by atoms with van der Waals surface area (Å²) in [5.74, 6) is 0. The fourth-order valence-electron chi connectivity index (χ4n) is 3.60. The van der Waals surface area contributed by atoms with Gasteiger partial charge in [0.2, 0.25) is 0 Å². The van der Waals surface area contributed by atoms with Crippen LogP contribution in [0, 0.1) is 5.41 Å². The fourth-order valence-corrected chi connectivity index (χ4v) is 3.78. The summed E-state index contributed by atoms with van der Waals surface area (Å²) >= 11 is 6.09. The first-order chi connectivity index (χ1) is 9.79. The van der Waals surface area contributed by atoms with Gasteiger partial charge in [-0.3, -0.25) is 4.90 Å². The number of nitrogens with two attached hydrogens (primary N) is 1. The molecule has 1 aliphatic heterocycles. The van der Waals surface area contributed by atoms with Crippen LogP contribution in [0.3, 0.4) is 0 Å². The van der Waals surface area contributed by atoms with Crippen molar-refractivity contribution in [2.75, 3.05) is 31.1 Å². The first-order valence-corrected chi connectivity index (χ1v) is 8.17. The molecule has 1 aromatic carbocycles. The Morgan fingerprint density at radius 2 is 1.76 bits per heavy atom. The van der Waals surface area contributed by atoms with E-state index in [0.717, 1.165) is 31.2 Å². The highest BCUT2D eigenvalue weighted by molar-refractivity contribution is 6.30. The van der Waals surface area contributed by atoms with Crippen LogP contribution in [0.15, 0.2) is 24.3 Å². The molecular weight excluding hydrogens is 282 g/mol. The van der Waals surface area contributed by atoms with Gasteiger partial charge in [0, 0.05) is 49.0 Å². The molecule has 1 saturated heterocycles. The minimum Gasteiger partial charge on any atom is -0.369 e. The van der Waals surface area contributed by atoms with Crippen molar-refractivity contribution >= 4 is 17.3 Å². The molecule has 1 aliphatic rings. The Labute approximate surface area is 134 Å². The third-order valence-electron chi connectivity index (χ3n) is 4.27. The highest BCUT2D eigenvalue weighted by Crippen LogP contribution is 2.28. The topological polar surface area (TPSA) is 32.5 Å². The number of anilines is 1. The van der Waals surface area contributed by atoms with E-state index in [1.807, 2.05) is 18.2 Å². The van der Waals surface area contributed by atoms with Gasteiger partial charge in [0.05, 0.1) is 0 Å². The molecular formula is C17H28ClN3. The summed E-state index contributed by atoms with van der Waals surface area (Å²) in [4.78, 5) is 4.95. The van der Waals surface area contributed by atoms with Crippen LogP contribution in [0.1, 0.15) is 27.7 Å². The lowest BCUT2D eigenvalue weighted by molar-refractivity contribution is 0.0766. The number of benzene rings is 1. The Bertz CT molecular complexity index is 459. The smallest absolute Gasteiger partial charge is 0.0426 e. The molecule has 0 amide bonds. The molecule has 0 spiro atoms. The summed E-state index contributed by atoms with van der Waals surface area (Å²) in [6.45, 7) is 13.1. The van der Waals surface area contributed by atoms with Crippen LogP contribution in [0.2, 0.25) is 5.02 Å². The summed E-state index contributed by atoms with van der Waals surface area (Å²) < 4.78 is 0. The summed E-state index contributed by atoms with van der Waals surface area (Å²) in [6.07, 6.45) is 0. The van der Waals surface area contributed by atoms with Crippen LogP contribution in [-0.4, -0.2) is 43.2 Å². The summed E-state index contributed by atoms with van der Waals surface area (Å²) in [6, 6.07) is 8.72. The monoisotopic (exact) mass is 309 g/mol. The van der Waals surface area contributed by atoms with Crippen molar-refractivity contribution in [2.24, 2.45) is 11.1 Å². The second-order valence-electron chi connectivity index (χ2n) is 7.17. The van der Waals surface area contributed by atoms with Crippen molar-refractivity contribution in [3.63, 3.8) is 0 Å². The molecule has 2 rings (SSSR count). The predicted octanol–water partition coefficient (Wildman–Crippen LogP) is 3.22. The van der Waals surface area contributed by atoms with E-state index in [1.165, 1.54) is 5.69 Å². The van der Waals surface area contributed by atoms with E-state index in [2.05, 4.69) is 43.6 Å². The average molecular weight is 310 g/mol. The summed E-state index contributed by atoms with van der Waals surface area (Å²) in [5.41, 5.74) is 7.67. The number of nitrogens with zero attached hydrogens (tertiary/aromatic N) is 2. The molecule has 3 nitrogen and oxygen atoms in total. The average Bonchev–Trinajstić information content (AvgIpc) is 2.37. The molecule has 118 valence electrons. The maximum absolute atomic E-state index is 6.25. The molecule has 1 heterocycles. The van der Waals surface area contributed by atoms with Crippen molar-refractivity contribution in [1.29, 1.82) is 0 Å². The zero-order valence-electron chi connectivity index (χ0n) is 13.6. The van der Waals surface area contributed by atoms with Gasteiger partial charge in [-0.1, -0.05) is 38.4 Å². The van der Waals surface area contributed by atoms with Gasteiger partial charge >= 0.3 is 0 Å². The number of hydrogen-bond acceptors (Lipinski definition) is 3. The minimum absolute atomic E-state index is 0.183. The molecule has 0 aromatic heterocycles. The SMILES string of the molecule is CC(N)C(N1CCN(c2cccc(Cl)c2)CC1)C(C)(C)C. The lowest BCUT2D eigenvalue weighted by Crippen LogP contribution is -2.59. The van der Waals surface area contributed by atoms with Crippen LogP contribution >= 0.6 is 11.6 Å². The van der Waals surface area contributed by atoms with Gasteiger partial charge in [0.25, 0.3) is 0 Å². The molecule has 0 aliphatic carbocycles. The molecule has 0 saturated carbocycles. The van der Waals surface area contributed by atoms with Crippen molar-refractivity contribution in [2.45, 2.75) is 39.8 Å². The third kappa shape index (κ3) is 4.12. The van der Waals surface area contributed by atoms with E-state index >= 15 is 0 Å². The maximum Gasteiger partial charge on any atom is 0.0426 e. The van der Waals surface area contributed by atoms with E-state index in [0.29, 0.717) is 6.04 Å². The fraction of sp³-hybridized carbons (Fsp3) is 0.647. The quantitative estimate of drug-likeness (QED) is 0.930. The third-order valence-corrected chi connectivity index (χ3v) is 4.50. The van der Waals surface area contributed by atoms with Crippen molar-refractivity contribution in [3.8, 4) is 0 Å². The van der Waals surface area contributed by atoms with Crippen LogP contribution in [0.25, 0.3) is 0 Å². The van der Waals surface area contributed by atoms with Gasteiger partial charge in [-0.15, -0.1) is 0 Å². The van der Waals surface area contributed by atoms with Crippen molar-refractivity contribution in [1.82, 2.24) is 4.90 Å². The largest absolute Gasteiger partial charge is 0.369 e. The molecule has 1 fully saturated rings. The Morgan fingerprint density at radius 1 is 1.14 bits per heavy atom. The molecule has 1 aromatic rings. The Morgan fingerprint density at radius 3 is 2.24 bits per heavy atom. The normalized spacial score (nSPS) is 20.4. The van der Waals surface area contributed by atoms with E-state index in [1.54, 1.807) is 0 Å². The van der Waals surface area contributed by atoms with Gasteiger partial charge < -0.3 is 10.6 Å². The van der Waals surface area contributed by atoms with Crippen molar-refractivity contribution in [3.05, 3.63) is 29.3 Å². The lowest BCUT2D eigenvalue weighted by atomic mass is 9.81. The minimum atomic E-state index is 0.183. The van der Waals surface area contributed by atoms with Crippen molar-refractivity contribution < 1.29 is 0 Å². The molecule has 0 bridgehead atoms. The second-order valence-corrected chi connectivity index (χ2v) is 7.61. The summed E-state index contributed by atoms with van der Waals surface area (Å²) in [7, 11) is 0. The lowest BCUT2D eigenvalue weighted by Gasteiger charge is -2.46. The second kappa shape index (κ2) is 6.55. The van der Waals surface area contributed by atoms with Gasteiger partial charge in [-0.05, 0) is 30.5 Å². The molecule has 2 unspecified atom stereocenters. The van der Waals surface area contributed by atoms with Crippen LogP contribution < -0.4 is 10.6 Å². The number of hydrogen-bond donors (Lipinski definition) is 1.